The van der Waals surface area contributed by atoms with Crippen molar-refractivity contribution in [1.29, 1.82) is 0 Å². The molecule has 0 bridgehead atoms. The van der Waals surface area contributed by atoms with Crippen LogP contribution in [0.15, 0.2) is 24.3 Å². The Hall–Kier alpha value is -1.35. The number of aryl methyl sites for hydroxylation is 1. The van der Waals surface area contributed by atoms with Crippen LogP contribution in [-0.4, -0.2) is 31.6 Å². The lowest BCUT2D eigenvalue weighted by atomic mass is 9.68. The molecule has 0 atom stereocenters. The Morgan fingerprint density at radius 1 is 1.42 bits per heavy atom. The smallest absolute Gasteiger partial charge is 0.313 e. The van der Waals surface area contributed by atoms with E-state index in [2.05, 4.69) is 43.1 Å². The van der Waals surface area contributed by atoms with Gasteiger partial charge in [-0.2, -0.15) is 0 Å². The highest BCUT2D eigenvalue weighted by atomic mass is 16.5. The average molecular weight is 261 g/mol. The molecule has 0 amide bonds. The third-order valence-corrected chi connectivity index (χ3v) is 4.04. The minimum Gasteiger partial charge on any atom is -0.469 e. The highest BCUT2D eigenvalue weighted by molar-refractivity contribution is 5.78. The Bertz CT molecular complexity index is 452. The maximum Gasteiger partial charge on any atom is 0.313 e. The first kappa shape index (κ1) is 14.1. The van der Waals surface area contributed by atoms with Gasteiger partial charge in [0.05, 0.1) is 12.5 Å². The van der Waals surface area contributed by atoms with Crippen LogP contribution in [-0.2, 0) is 16.1 Å². The van der Waals surface area contributed by atoms with E-state index in [4.69, 9.17) is 4.74 Å². The fourth-order valence-corrected chi connectivity index (χ4v) is 2.94. The lowest BCUT2D eigenvalue weighted by molar-refractivity contribution is -0.160. The van der Waals surface area contributed by atoms with Crippen molar-refractivity contribution in [2.75, 3.05) is 20.7 Å². The van der Waals surface area contributed by atoms with Crippen molar-refractivity contribution >= 4 is 5.97 Å². The minimum atomic E-state index is -0.257. The third kappa shape index (κ3) is 3.16. The molecule has 0 aliphatic heterocycles. The Morgan fingerprint density at radius 3 is 2.68 bits per heavy atom. The molecule has 1 saturated carbocycles. The number of esters is 1. The summed E-state index contributed by atoms with van der Waals surface area (Å²) < 4.78 is 4.96. The molecule has 19 heavy (non-hydrogen) atoms. The van der Waals surface area contributed by atoms with Crippen LogP contribution in [0.25, 0.3) is 0 Å². The van der Waals surface area contributed by atoms with E-state index >= 15 is 0 Å². The van der Waals surface area contributed by atoms with Gasteiger partial charge in [0.15, 0.2) is 0 Å². The second-order valence-electron chi connectivity index (χ2n) is 5.79. The molecule has 1 aromatic rings. The summed E-state index contributed by atoms with van der Waals surface area (Å²) in [5, 5.41) is 0. The minimum absolute atomic E-state index is 0.0464. The predicted octanol–water partition coefficient (Wildman–Crippen LogP) is 2.77. The van der Waals surface area contributed by atoms with Crippen molar-refractivity contribution in [1.82, 2.24) is 4.90 Å². The number of benzene rings is 1. The topological polar surface area (TPSA) is 29.5 Å². The maximum atomic E-state index is 11.9. The monoisotopic (exact) mass is 261 g/mol. The highest BCUT2D eigenvalue weighted by Gasteiger charge is 2.45. The molecule has 1 aliphatic carbocycles. The number of nitrogens with zero attached hydrogens (tertiary/aromatic N) is 1. The zero-order valence-electron chi connectivity index (χ0n) is 12.1. The van der Waals surface area contributed by atoms with Gasteiger partial charge in [0.1, 0.15) is 0 Å². The van der Waals surface area contributed by atoms with Crippen molar-refractivity contribution in [3.63, 3.8) is 0 Å². The quantitative estimate of drug-likeness (QED) is 0.763. The summed E-state index contributed by atoms with van der Waals surface area (Å²) in [4.78, 5) is 14.1. The molecule has 3 heteroatoms. The molecular formula is C16H23NO2. The van der Waals surface area contributed by atoms with Crippen LogP contribution in [0.5, 0.6) is 0 Å². The molecule has 0 unspecified atom stereocenters. The Morgan fingerprint density at radius 2 is 2.16 bits per heavy atom. The van der Waals surface area contributed by atoms with Crippen molar-refractivity contribution in [3.8, 4) is 0 Å². The SMILES string of the molecule is COC(=O)C1(CN(C)Cc2cccc(C)c2)CCC1. The Kier molecular flexibility index (Phi) is 4.25. The molecule has 0 N–H and O–H groups in total. The third-order valence-electron chi connectivity index (χ3n) is 4.04. The van der Waals surface area contributed by atoms with Gasteiger partial charge in [-0.25, -0.2) is 0 Å². The summed E-state index contributed by atoms with van der Waals surface area (Å²) in [5.74, 6) is -0.0464. The molecule has 1 aliphatic rings. The summed E-state index contributed by atoms with van der Waals surface area (Å²) in [6, 6.07) is 8.51. The number of methoxy groups -OCH3 is 1. The molecule has 1 fully saturated rings. The van der Waals surface area contributed by atoms with Gasteiger partial charge in [0, 0.05) is 13.1 Å². The van der Waals surface area contributed by atoms with E-state index in [0.717, 1.165) is 32.4 Å². The molecule has 0 saturated heterocycles. The van der Waals surface area contributed by atoms with E-state index < -0.39 is 0 Å². The van der Waals surface area contributed by atoms with Crippen LogP contribution in [0.2, 0.25) is 0 Å². The van der Waals surface area contributed by atoms with E-state index in [-0.39, 0.29) is 11.4 Å². The van der Waals surface area contributed by atoms with E-state index in [1.807, 2.05) is 0 Å². The first-order chi connectivity index (χ1) is 9.05. The Labute approximate surface area is 115 Å². The van der Waals surface area contributed by atoms with E-state index in [0.29, 0.717) is 0 Å². The summed E-state index contributed by atoms with van der Waals surface area (Å²) >= 11 is 0. The van der Waals surface area contributed by atoms with Crippen LogP contribution in [0.3, 0.4) is 0 Å². The van der Waals surface area contributed by atoms with Gasteiger partial charge in [-0.05, 0) is 32.4 Å². The fraction of sp³-hybridized carbons (Fsp3) is 0.562. The van der Waals surface area contributed by atoms with Crippen molar-refractivity contribution in [3.05, 3.63) is 35.4 Å². The molecule has 2 rings (SSSR count). The van der Waals surface area contributed by atoms with Gasteiger partial charge < -0.3 is 9.64 Å². The molecular weight excluding hydrogens is 238 g/mol. The van der Waals surface area contributed by atoms with Gasteiger partial charge >= 0.3 is 5.97 Å². The number of hydrogen-bond acceptors (Lipinski definition) is 3. The number of hydrogen-bond donors (Lipinski definition) is 0. The van der Waals surface area contributed by atoms with E-state index in [1.54, 1.807) is 0 Å². The zero-order chi connectivity index (χ0) is 13.9. The maximum absolute atomic E-state index is 11.9. The fourth-order valence-electron chi connectivity index (χ4n) is 2.94. The van der Waals surface area contributed by atoms with Crippen molar-refractivity contribution in [2.45, 2.75) is 32.7 Å². The Balaban J connectivity index is 1.97. The van der Waals surface area contributed by atoms with E-state index in [1.165, 1.54) is 18.2 Å². The standard InChI is InChI=1S/C16H23NO2/c1-13-6-4-7-14(10-13)11-17(2)12-16(8-5-9-16)15(18)19-3/h4,6-7,10H,5,8-9,11-12H2,1-3H3. The predicted molar refractivity (Wildman–Crippen MR) is 75.8 cm³/mol. The molecule has 0 radical (unpaired) electrons. The van der Waals surface area contributed by atoms with Crippen LogP contribution in [0.4, 0.5) is 0 Å². The van der Waals surface area contributed by atoms with Crippen LogP contribution in [0, 0.1) is 12.3 Å². The van der Waals surface area contributed by atoms with E-state index in [9.17, 15) is 4.79 Å². The van der Waals surface area contributed by atoms with Gasteiger partial charge in [-0.1, -0.05) is 36.2 Å². The van der Waals surface area contributed by atoms with Gasteiger partial charge in [-0.3, -0.25) is 4.79 Å². The largest absolute Gasteiger partial charge is 0.469 e. The number of rotatable bonds is 5. The van der Waals surface area contributed by atoms with Gasteiger partial charge in [0.25, 0.3) is 0 Å². The van der Waals surface area contributed by atoms with Gasteiger partial charge in [0.2, 0.25) is 0 Å². The number of carbonyl (C=O) groups excluding carboxylic acids is 1. The first-order valence-electron chi connectivity index (χ1n) is 6.88. The second kappa shape index (κ2) is 5.74. The summed E-state index contributed by atoms with van der Waals surface area (Å²) in [6.07, 6.45) is 3.04. The summed E-state index contributed by atoms with van der Waals surface area (Å²) in [7, 11) is 3.56. The summed E-state index contributed by atoms with van der Waals surface area (Å²) in [5.41, 5.74) is 2.31. The number of carbonyl (C=O) groups is 1. The molecule has 1 aromatic carbocycles. The number of ether oxygens (including phenoxy) is 1. The molecule has 104 valence electrons. The second-order valence-corrected chi connectivity index (χ2v) is 5.79. The van der Waals surface area contributed by atoms with Crippen LogP contribution >= 0.6 is 0 Å². The molecule has 0 heterocycles. The van der Waals surface area contributed by atoms with Crippen molar-refractivity contribution in [2.24, 2.45) is 5.41 Å². The normalized spacial score (nSPS) is 17.1. The van der Waals surface area contributed by atoms with Crippen LogP contribution in [0.1, 0.15) is 30.4 Å². The van der Waals surface area contributed by atoms with Crippen LogP contribution < -0.4 is 0 Å². The summed E-state index contributed by atoms with van der Waals surface area (Å²) in [6.45, 7) is 3.76. The first-order valence-corrected chi connectivity index (χ1v) is 6.88. The zero-order valence-corrected chi connectivity index (χ0v) is 12.1. The molecule has 0 spiro atoms. The molecule has 3 nitrogen and oxygen atoms in total. The lowest BCUT2D eigenvalue weighted by Gasteiger charge is -2.41. The average Bonchev–Trinajstić information content (AvgIpc) is 2.33. The van der Waals surface area contributed by atoms with Crippen molar-refractivity contribution < 1.29 is 9.53 Å². The lowest BCUT2D eigenvalue weighted by Crippen LogP contribution is -2.47. The van der Waals surface area contributed by atoms with Gasteiger partial charge in [-0.15, -0.1) is 0 Å². The molecule has 0 aromatic heterocycles. The highest BCUT2D eigenvalue weighted by Crippen LogP contribution is 2.42.